The molecule has 192 valence electrons. The van der Waals surface area contributed by atoms with Gasteiger partial charge in [0.25, 0.3) is 0 Å². The van der Waals surface area contributed by atoms with E-state index >= 15 is 0 Å². The zero-order valence-corrected chi connectivity index (χ0v) is 22.6. The van der Waals surface area contributed by atoms with Crippen LogP contribution >= 0.6 is 0 Å². The van der Waals surface area contributed by atoms with Crippen LogP contribution in [0.2, 0.25) is 0 Å². The van der Waals surface area contributed by atoms with Gasteiger partial charge in [0.15, 0.2) is 0 Å². The summed E-state index contributed by atoms with van der Waals surface area (Å²) in [6, 6.07) is 0. The fourth-order valence-electron chi connectivity index (χ4n) is 10.8. The predicted octanol–water partition coefficient (Wildman–Crippen LogP) is 6.20. The molecular weight excluding hydrogens is 424 g/mol. The largest absolute Gasteiger partial charge is 0.481 e. The van der Waals surface area contributed by atoms with Gasteiger partial charge in [-0.1, -0.05) is 60.1 Å². The van der Waals surface area contributed by atoms with Gasteiger partial charge in [0.2, 0.25) is 0 Å². The number of aliphatic hydroxyl groups excluding tert-OH is 2. The summed E-state index contributed by atoms with van der Waals surface area (Å²) >= 11 is 0. The Morgan fingerprint density at radius 1 is 0.882 bits per heavy atom. The van der Waals surface area contributed by atoms with Crippen LogP contribution in [-0.4, -0.2) is 33.5 Å². The van der Waals surface area contributed by atoms with Crippen molar-refractivity contribution in [3.8, 4) is 0 Å². The van der Waals surface area contributed by atoms with Crippen LogP contribution in [0, 0.1) is 50.2 Å². The van der Waals surface area contributed by atoms with E-state index in [0.29, 0.717) is 18.3 Å². The van der Waals surface area contributed by atoms with Crippen molar-refractivity contribution in [3.05, 3.63) is 11.6 Å². The first kappa shape index (κ1) is 24.8. The van der Waals surface area contributed by atoms with E-state index in [9.17, 15) is 20.1 Å². The molecule has 4 saturated carbocycles. The van der Waals surface area contributed by atoms with E-state index in [1.807, 2.05) is 0 Å². The lowest BCUT2D eigenvalue weighted by Gasteiger charge is -2.71. The van der Waals surface area contributed by atoms with Crippen LogP contribution in [0.3, 0.4) is 0 Å². The summed E-state index contributed by atoms with van der Waals surface area (Å²) in [6.07, 6.45) is 9.45. The first-order valence-corrected chi connectivity index (χ1v) is 13.9. The molecule has 3 N–H and O–H groups in total. The van der Waals surface area contributed by atoms with Gasteiger partial charge in [-0.3, -0.25) is 4.79 Å². The summed E-state index contributed by atoms with van der Waals surface area (Å²) in [5, 5.41) is 32.4. The van der Waals surface area contributed by atoms with E-state index in [1.165, 1.54) is 5.57 Å². The van der Waals surface area contributed by atoms with Gasteiger partial charge in [-0.2, -0.15) is 0 Å². The zero-order valence-electron chi connectivity index (χ0n) is 22.6. The summed E-state index contributed by atoms with van der Waals surface area (Å²) in [7, 11) is 0. The fourth-order valence-corrected chi connectivity index (χ4v) is 10.8. The molecule has 4 fully saturated rings. The highest BCUT2D eigenvalue weighted by molar-refractivity contribution is 5.76. The van der Waals surface area contributed by atoms with Crippen molar-refractivity contribution in [2.75, 3.05) is 0 Å². The van der Waals surface area contributed by atoms with E-state index in [-0.39, 0.29) is 33.0 Å². The molecule has 0 aromatic carbocycles. The Morgan fingerprint density at radius 2 is 1.53 bits per heavy atom. The third-order valence-corrected chi connectivity index (χ3v) is 13.0. The van der Waals surface area contributed by atoms with Crippen molar-refractivity contribution in [1.82, 2.24) is 0 Å². The summed E-state index contributed by atoms with van der Waals surface area (Å²) < 4.78 is 0. The number of rotatable bonds is 1. The molecule has 5 aliphatic carbocycles. The number of aliphatic carboxylic acids is 1. The SMILES string of the molecule is CC1(C)CC[C@]2(C(=O)O)CC[C@]3(C)C(=CC[C@@H]4[C@@]5(C)C[C@@H](O)[C@H](O)C(C)(C)[C@H]5CC[C@]43C)[C@@H]2C1. The van der Waals surface area contributed by atoms with Crippen molar-refractivity contribution in [3.63, 3.8) is 0 Å². The standard InChI is InChI=1S/C30H48O4/c1-25(2)12-14-30(24(33)34)15-13-28(6)18(19(30)16-25)8-9-22-27(5)17-20(31)23(32)26(3,4)21(27)10-11-29(22,28)7/h8,19-23,31-32H,9-17H2,1-7H3,(H,33,34)/t19-,20+,21+,22+,23-,27-,28+,29+,30-/m0/s1. The molecule has 0 amide bonds. The normalized spacial score (nSPS) is 53.4. The van der Waals surface area contributed by atoms with Crippen LogP contribution in [-0.2, 0) is 4.79 Å². The molecule has 34 heavy (non-hydrogen) atoms. The van der Waals surface area contributed by atoms with Crippen molar-refractivity contribution in [2.45, 2.75) is 118 Å². The average Bonchev–Trinajstić information content (AvgIpc) is 2.72. The Labute approximate surface area is 206 Å². The number of fused-ring (bicyclic) bond motifs is 7. The first-order chi connectivity index (χ1) is 15.6. The number of carbonyl (C=O) groups is 1. The number of hydrogen-bond donors (Lipinski definition) is 3. The molecule has 5 aliphatic rings. The van der Waals surface area contributed by atoms with E-state index in [2.05, 4.69) is 54.5 Å². The Hall–Kier alpha value is -0.870. The molecule has 9 atom stereocenters. The van der Waals surface area contributed by atoms with Crippen LogP contribution in [0.15, 0.2) is 11.6 Å². The number of hydrogen-bond acceptors (Lipinski definition) is 3. The molecular formula is C30H48O4. The lowest BCUT2D eigenvalue weighted by molar-refractivity contribution is -0.231. The third-order valence-electron chi connectivity index (χ3n) is 13.0. The Morgan fingerprint density at radius 3 is 2.18 bits per heavy atom. The predicted molar refractivity (Wildman–Crippen MR) is 134 cm³/mol. The van der Waals surface area contributed by atoms with Crippen LogP contribution in [0.4, 0.5) is 0 Å². The van der Waals surface area contributed by atoms with Crippen LogP contribution in [0.5, 0.6) is 0 Å². The molecule has 0 aromatic rings. The van der Waals surface area contributed by atoms with Gasteiger partial charge in [0, 0.05) is 0 Å². The number of carboxylic acid groups (broad SMARTS) is 1. The second-order valence-corrected chi connectivity index (χ2v) is 15.2. The lowest BCUT2D eigenvalue weighted by Crippen LogP contribution is -2.67. The molecule has 0 radical (unpaired) electrons. The smallest absolute Gasteiger partial charge is 0.310 e. The Kier molecular flexibility index (Phi) is 5.20. The summed E-state index contributed by atoms with van der Waals surface area (Å²) in [5.74, 6) is 0.365. The molecule has 0 spiro atoms. The molecule has 0 aromatic heterocycles. The van der Waals surface area contributed by atoms with E-state index in [4.69, 9.17) is 0 Å². The van der Waals surface area contributed by atoms with E-state index in [1.54, 1.807) is 0 Å². The number of allylic oxidation sites excluding steroid dienone is 2. The highest BCUT2D eigenvalue weighted by atomic mass is 16.4. The molecule has 0 saturated heterocycles. The van der Waals surface area contributed by atoms with Gasteiger partial charge >= 0.3 is 5.97 Å². The second kappa shape index (κ2) is 7.12. The number of carboxylic acids is 1. The Bertz CT molecular complexity index is 919. The van der Waals surface area contributed by atoms with Gasteiger partial charge in [-0.05, 0) is 103 Å². The minimum absolute atomic E-state index is 0.00785. The highest BCUT2D eigenvalue weighted by Gasteiger charge is 2.70. The molecule has 0 bridgehead atoms. The van der Waals surface area contributed by atoms with Crippen LogP contribution in [0.1, 0.15) is 106 Å². The van der Waals surface area contributed by atoms with E-state index in [0.717, 1.165) is 51.4 Å². The molecule has 4 heteroatoms. The summed E-state index contributed by atoms with van der Waals surface area (Å²) in [5.41, 5.74) is 0.754. The summed E-state index contributed by atoms with van der Waals surface area (Å²) in [4.78, 5) is 12.8. The monoisotopic (exact) mass is 472 g/mol. The second-order valence-electron chi connectivity index (χ2n) is 15.2. The molecule has 5 rings (SSSR count). The molecule has 0 aliphatic heterocycles. The topological polar surface area (TPSA) is 77.8 Å². The number of aliphatic hydroxyl groups is 2. The van der Waals surface area contributed by atoms with Gasteiger partial charge in [0.05, 0.1) is 17.6 Å². The Balaban J connectivity index is 1.61. The quantitative estimate of drug-likeness (QED) is 0.397. The molecule has 4 nitrogen and oxygen atoms in total. The zero-order chi connectivity index (χ0) is 25.1. The maximum absolute atomic E-state index is 12.8. The highest BCUT2D eigenvalue weighted by Crippen LogP contribution is 2.75. The van der Waals surface area contributed by atoms with Gasteiger partial charge in [0.1, 0.15) is 0 Å². The maximum Gasteiger partial charge on any atom is 0.310 e. The van der Waals surface area contributed by atoms with Crippen molar-refractivity contribution in [1.29, 1.82) is 0 Å². The van der Waals surface area contributed by atoms with Crippen molar-refractivity contribution in [2.24, 2.45) is 50.2 Å². The average molecular weight is 473 g/mol. The fraction of sp³-hybridized carbons (Fsp3) is 0.900. The minimum Gasteiger partial charge on any atom is -0.481 e. The first-order valence-electron chi connectivity index (χ1n) is 13.9. The lowest BCUT2D eigenvalue weighted by atomic mass is 9.33. The maximum atomic E-state index is 12.8. The summed E-state index contributed by atoms with van der Waals surface area (Å²) in [6.45, 7) is 16.3. The third kappa shape index (κ3) is 2.88. The molecule has 0 unspecified atom stereocenters. The van der Waals surface area contributed by atoms with Gasteiger partial charge < -0.3 is 15.3 Å². The molecule has 0 heterocycles. The van der Waals surface area contributed by atoms with Gasteiger partial charge in [-0.15, -0.1) is 0 Å². The van der Waals surface area contributed by atoms with E-state index < -0.39 is 23.6 Å². The van der Waals surface area contributed by atoms with Crippen LogP contribution < -0.4 is 0 Å². The van der Waals surface area contributed by atoms with Crippen molar-refractivity contribution >= 4 is 5.97 Å². The minimum atomic E-state index is -0.679. The van der Waals surface area contributed by atoms with Crippen molar-refractivity contribution < 1.29 is 20.1 Å². The van der Waals surface area contributed by atoms with Crippen LogP contribution in [0.25, 0.3) is 0 Å². The van der Waals surface area contributed by atoms with Gasteiger partial charge in [-0.25, -0.2) is 0 Å².